The van der Waals surface area contributed by atoms with Gasteiger partial charge < -0.3 is 9.88 Å². The first-order chi connectivity index (χ1) is 13.6. The fourth-order valence-corrected chi connectivity index (χ4v) is 3.06. The van der Waals surface area contributed by atoms with Gasteiger partial charge in [-0.2, -0.15) is 13.2 Å². The van der Waals surface area contributed by atoms with Gasteiger partial charge in [0.25, 0.3) is 0 Å². The minimum Gasteiger partial charge on any atom is -0.352 e. The van der Waals surface area contributed by atoms with Crippen molar-refractivity contribution in [3.63, 3.8) is 0 Å². The van der Waals surface area contributed by atoms with E-state index >= 15 is 0 Å². The maximum absolute atomic E-state index is 13.3. The molecule has 0 atom stereocenters. The summed E-state index contributed by atoms with van der Waals surface area (Å²) in [7, 11) is 1.79. The number of aromatic nitrogens is 2. The number of amides is 1. The monoisotopic (exact) mass is 425 g/mol. The molecule has 0 spiro atoms. The lowest BCUT2D eigenvalue weighted by molar-refractivity contribution is -0.137. The van der Waals surface area contributed by atoms with Crippen molar-refractivity contribution < 1.29 is 22.4 Å². The number of aryl methyl sites for hydroxylation is 1. The molecular weight excluding hydrogens is 410 g/mol. The highest BCUT2D eigenvalue weighted by Gasteiger charge is 2.33. The van der Waals surface area contributed by atoms with E-state index in [0.29, 0.717) is 17.8 Å². The summed E-state index contributed by atoms with van der Waals surface area (Å²) in [6.07, 6.45) is -1.74. The largest absolute Gasteiger partial charge is 0.417 e. The van der Waals surface area contributed by atoms with Crippen LogP contribution in [0.5, 0.6) is 0 Å². The van der Waals surface area contributed by atoms with Crippen molar-refractivity contribution in [1.29, 1.82) is 0 Å². The lowest BCUT2D eigenvalue weighted by Crippen LogP contribution is -2.24. The Balaban J connectivity index is 1.60. The average Bonchev–Trinajstić information content (AvgIpc) is 2.95. The lowest BCUT2D eigenvalue weighted by Gasteiger charge is -2.09. The number of rotatable bonds is 5. The van der Waals surface area contributed by atoms with E-state index in [4.69, 9.17) is 11.6 Å². The van der Waals surface area contributed by atoms with Gasteiger partial charge in [-0.25, -0.2) is 9.37 Å². The number of fused-ring (bicyclic) bond motifs is 1. The fourth-order valence-electron chi connectivity index (χ4n) is 2.84. The highest BCUT2D eigenvalue weighted by molar-refractivity contribution is 6.31. The summed E-state index contributed by atoms with van der Waals surface area (Å²) in [4.78, 5) is 16.3. The van der Waals surface area contributed by atoms with Crippen molar-refractivity contribution in [3.8, 4) is 0 Å². The van der Waals surface area contributed by atoms with Gasteiger partial charge >= 0.3 is 6.18 Å². The topological polar surface area (TPSA) is 46.9 Å². The number of alkyl halides is 3. The second kappa shape index (κ2) is 8.24. The standard InChI is InChI=1S/C20H16ClF4N3O/c1-28-17-6-4-13(22)11-16(17)27-18(28)8-9-26-19(29)7-3-12-2-5-15(21)14(10-12)20(23,24)25/h2-7,10-11H,8-9H2,1H3,(H,26,29)/b7-3+. The Labute approximate surface area is 168 Å². The summed E-state index contributed by atoms with van der Waals surface area (Å²) in [6.45, 7) is 0.261. The van der Waals surface area contributed by atoms with E-state index in [1.807, 2.05) is 4.57 Å². The van der Waals surface area contributed by atoms with Crippen LogP contribution >= 0.6 is 11.6 Å². The molecule has 0 saturated carbocycles. The van der Waals surface area contributed by atoms with Gasteiger partial charge in [-0.3, -0.25) is 4.79 Å². The predicted octanol–water partition coefficient (Wildman–Crippen LogP) is 4.76. The van der Waals surface area contributed by atoms with Crippen LogP contribution < -0.4 is 5.32 Å². The molecule has 9 heteroatoms. The molecule has 0 aliphatic rings. The van der Waals surface area contributed by atoms with Crippen LogP contribution in [0.15, 0.2) is 42.5 Å². The van der Waals surface area contributed by atoms with Crippen LogP contribution in [0.3, 0.4) is 0 Å². The molecule has 0 bridgehead atoms. The summed E-state index contributed by atoms with van der Waals surface area (Å²) in [5.41, 5.74) is 0.544. The first kappa shape index (κ1) is 20.9. The number of carbonyl (C=O) groups is 1. The van der Waals surface area contributed by atoms with Gasteiger partial charge in [-0.15, -0.1) is 0 Å². The van der Waals surface area contributed by atoms with Crippen molar-refractivity contribution >= 4 is 34.6 Å². The Hall–Kier alpha value is -2.87. The maximum atomic E-state index is 13.3. The summed E-state index contributed by atoms with van der Waals surface area (Å²) >= 11 is 5.57. The van der Waals surface area contributed by atoms with Crippen molar-refractivity contribution in [2.75, 3.05) is 6.54 Å². The normalized spacial score (nSPS) is 12.1. The quantitative estimate of drug-likeness (QED) is 0.473. The van der Waals surface area contributed by atoms with Gasteiger partial charge in [0.05, 0.1) is 21.6 Å². The molecule has 1 heterocycles. The molecule has 0 fully saturated rings. The zero-order valence-corrected chi connectivity index (χ0v) is 16.0. The SMILES string of the molecule is Cn1c(CCNC(=O)/C=C/c2ccc(Cl)c(C(F)(F)F)c2)nc2cc(F)ccc21. The molecule has 1 aromatic heterocycles. The summed E-state index contributed by atoms with van der Waals surface area (Å²) in [5, 5.41) is 2.24. The van der Waals surface area contributed by atoms with Crippen molar-refractivity contribution in [3.05, 3.63) is 70.3 Å². The van der Waals surface area contributed by atoms with E-state index in [2.05, 4.69) is 10.3 Å². The van der Waals surface area contributed by atoms with Crippen molar-refractivity contribution in [1.82, 2.24) is 14.9 Å². The molecule has 0 unspecified atom stereocenters. The molecule has 0 aliphatic carbocycles. The highest BCUT2D eigenvalue weighted by Crippen LogP contribution is 2.35. The third kappa shape index (κ3) is 4.95. The first-order valence-electron chi connectivity index (χ1n) is 8.58. The molecule has 4 nitrogen and oxygen atoms in total. The number of hydrogen-bond acceptors (Lipinski definition) is 2. The zero-order chi connectivity index (χ0) is 21.2. The van der Waals surface area contributed by atoms with Gasteiger partial charge in [0.2, 0.25) is 5.91 Å². The smallest absolute Gasteiger partial charge is 0.352 e. The minimum absolute atomic E-state index is 0.203. The molecule has 1 N–H and O–H groups in total. The lowest BCUT2D eigenvalue weighted by atomic mass is 10.1. The summed E-state index contributed by atoms with van der Waals surface area (Å²) in [6, 6.07) is 7.72. The third-order valence-corrected chi connectivity index (χ3v) is 4.64. The number of nitrogens with one attached hydrogen (secondary N) is 1. The minimum atomic E-state index is -4.57. The van der Waals surface area contributed by atoms with Crippen LogP contribution in [0.4, 0.5) is 17.6 Å². The van der Waals surface area contributed by atoms with E-state index in [1.165, 1.54) is 24.3 Å². The number of benzene rings is 2. The number of carbonyl (C=O) groups excluding carboxylic acids is 1. The van der Waals surface area contributed by atoms with Crippen LogP contribution in [0, 0.1) is 5.82 Å². The predicted molar refractivity (Wildman–Crippen MR) is 103 cm³/mol. The Bertz CT molecular complexity index is 1090. The Morgan fingerprint density at radius 3 is 2.72 bits per heavy atom. The van der Waals surface area contributed by atoms with Crippen LogP contribution in [0.2, 0.25) is 5.02 Å². The molecule has 2 aromatic carbocycles. The second-order valence-corrected chi connectivity index (χ2v) is 6.74. The number of hydrogen-bond donors (Lipinski definition) is 1. The second-order valence-electron chi connectivity index (χ2n) is 6.33. The molecule has 0 aliphatic heterocycles. The van der Waals surface area contributed by atoms with E-state index in [-0.39, 0.29) is 17.9 Å². The molecule has 0 radical (unpaired) electrons. The molecular formula is C20H16ClF4N3O. The number of nitrogens with zero attached hydrogens (tertiary/aromatic N) is 2. The van der Waals surface area contributed by atoms with Gasteiger partial charge in [-0.05, 0) is 35.9 Å². The summed E-state index contributed by atoms with van der Waals surface area (Å²) < 4.78 is 53.7. The van der Waals surface area contributed by atoms with E-state index in [1.54, 1.807) is 13.1 Å². The van der Waals surface area contributed by atoms with Crippen LogP contribution in [-0.4, -0.2) is 22.0 Å². The van der Waals surface area contributed by atoms with Crippen molar-refractivity contribution in [2.24, 2.45) is 7.05 Å². The molecule has 152 valence electrons. The number of halogens is 5. The molecule has 3 rings (SSSR count). The van der Waals surface area contributed by atoms with Gasteiger partial charge in [0.1, 0.15) is 11.6 Å². The van der Waals surface area contributed by atoms with E-state index in [9.17, 15) is 22.4 Å². The van der Waals surface area contributed by atoms with Gasteiger partial charge in [0.15, 0.2) is 0 Å². The Morgan fingerprint density at radius 1 is 1.24 bits per heavy atom. The third-order valence-electron chi connectivity index (χ3n) is 4.31. The number of imidazole rings is 1. The maximum Gasteiger partial charge on any atom is 0.417 e. The van der Waals surface area contributed by atoms with Gasteiger partial charge in [0, 0.05) is 32.2 Å². The molecule has 3 aromatic rings. The van der Waals surface area contributed by atoms with E-state index in [0.717, 1.165) is 23.7 Å². The molecule has 0 saturated heterocycles. The highest BCUT2D eigenvalue weighted by atomic mass is 35.5. The van der Waals surface area contributed by atoms with Crippen LogP contribution in [0.25, 0.3) is 17.1 Å². The first-order valence-corrected chi connectivity index (χ1v) is 8.96. The van der Waals surface area contributed by atoms with E-state index < -0.39 is 22.7 Å². The Kier molecular flexibility index (Phi) is 5.93. The van der Waals surface area contributed by atoms with Crippen molar-refractivity contribution in [2.45, 2.75) is 12.6 Å². The zero-order valence-electron chi connectivity index (χ0n) is 15.2. The summed E-state index contributed by atoms with van der Waals surface area (Å²) in [5.74, 6) is -0.169. The molecule has 1 amide bonds. The molecule has 29 heavy (non-hydrogen) atoms. The van der Waals surface area contributed by atoms with Crippen LogP contribution in [-0.2, 0) is 24.4 Å². The fraction of sp³-hybridized carbons (Fsp3) is 0.200. The van der Waals surface area contributed by atoms with Gasteiger partial charge in [-0.1, -0.05) is 17.7 Å². The van der Waals surface area contributed by atoms with Crippen LogP contribution in [0.1, 0.15) is 17.0 Å². The average molecular weight is 426 g/mol. The Morgan fingerprint density at radius 2 is 2.00 bits per heavy atom.